The number of nitrogens with one attached hydrogen (secondary N) is 1. The Balaban J connectivity index is 1.77. The van der Waals surface area contributed by atoms with Crippen molar-refractivity contribution in [1.29, 1.82) is 0 Å². The van der Waals surface area contributed by atoms with Crippen LogP contribution in [0.1, 0.15) is 15.9 Å². The third-order valence-corrected chi connectivity index (χ3v) is 5.23. The Bertz CT molecular complexity index is 1070. The van der Waals surface area contributed by atoms with Crippen molar-refractivity contribution in [3.8, 4) is 0 Å². The number of aromatic carboxylic acids is 1. The third-order valence-electron chi connectivity index (χ3n) is 4.25. The van der Waals surface area contributed by atoms with Crippen molar-refractivity contribution in [3.63, 3.8) is 0 Å². The zero-order valence-corrected chi connectivity index (χ0v) is 14.9. The van der Waals surface area contributed by atoms with E-state index in [1.165, 1.54) is 17.0 Å². The number of likely N-dealkylation sites (N-methyl/N-ethyl adjacent to an activating group) is 1. The number of amides is 2. The summed E-state index contributed by atoms with van der Waals surface area (Å²) in [6.07, 6.45) is 0. The summed E-state index contributed by atoms with van der Waals surface area (Å²) in [4.78, 5) is 42.3. The summed E-state index contributed by atoms with van der Waals surface area (Å²) in [5, 5.41) is 14.0. The summed E-state index contributed by atoms with van der Waals surface area (Å²) >= 11 is 1.01. The number of benzene rings is 2. The monoisotopic (exact) mass is 378 g/mol. The Hall–Kier alpha value is -3.39. The van der Waals surface area contributed by atoms with Crippen LogP contribution in [0, 0.1) is 0 Å². The lowest BCUT2D eigenvalue weighted by atomic mass is 10.1. The normalized spacial score (nSPS) is 20.2. The molecule has 1 N–H and O–H groups in total. The summed E-state index contributed by atoms with van der Waals surface area (Å²) in [6.45, 7) is 0. The predicted molar refractivity (Wildman–Crippen MR) is 100 cm³/mol. The molecule has 2 aliphatic rings. The van der Waals surface area contributed by atoms with Crippen LogP contribution in [0.25, 0.3) is 5.57 Å². The maximum Gasteiger partial charge on any atom is 0.264 e. The van der Waals surface area contributed by atoms with Crippen LogP contribution in [0.5, 0.6) is 0 Å². The average Bonchev–Trinajstić information content (AvgIpc) is 3.13. The lowest BCUT2D eigenvalue weighted by Crippen LogP contribution is -2.23. The molecule has 0 saturated carbocycles. The van der Waals surface area contributed by atoms with Gasteiger partial charge >= 0.3 is 0 Å². The second-order valence-corrected chi connectivity index (χ2v) is 6.86. The van der Waals surface area contributed by atoms with Crippen molar-refractivity contribution in [2.45, 2.75) is 0 Å². The van der Waals surface area contributed by atoms with E-state index in [1.807, 2.05) is 12.1 Å². The molecule has 2 aromatic carbocycles. The smallest absolute Gasteiger partial charge is 0.264 e. The first kappa shape index (κ1) is 17.0. The number of anilines is 1. The van der Waals surface area contributed by atoms with E-state index in [2.05, 4.69) is 10.3 Å². The molecule has 2 aliphatic heterocycles. The van der Waals surface area contributed by atoms with Crippen molar-refractivity contribution < 1.29 is 19.5 Å². The molecule has 2 heterocycles. The molecule has 0 aromatic heterocycles. The van der Waals surface area contributed by atoms with E-state index >= 15 is 0 Å². The van der Waals surface area contributed by atoms with E-state index in [0.717, 1.165) is 17.4 Å². The number of thioether (sulfide) groups is 1. The molecule has 0 unspecified atom stereocenters. The second-order valence-electron chi connectivity index (χ2n) is 5.86. The molecule has 8 heteroatoms. The maximum absolute atomic E-state index is 12.7. The molecule has 0 bridgehead atoms. The van der Waals surface area contributed by atoms with Gasteiger partial charge in [-0.05, 0) is 23.9 Å². The number of hydrogen-bond acceptors (Lipinski definition) is 6. The van der Waals surface area contributed by atoms with Gasteiger partial charge in [-0.2, -0.15) is 0 Å². The number of carboxylic acids is 1. The largest absolute Gasteiger partial charge is 0.545 e. The number of amidine groups is 1. The molecule has 2 amide bonds. The van der Waals surface area contributed by atoms with Gasteiger partial charge in [-0.1, -0.05) is 36.4 Å². The molecule has 0 spiro atoms. The molecule has 134 valence electrons. The van der Waals surface area contributed by atoms with Crippen LogP contribution in [0.4, 0.5) is 11.4 Å². The van der Waals surface area contributed by atoms with Crippen LogP contribution in [0.3, 0.4) is 0 Å². The Morgan fingerprint density at radius 3 is 2.59 bits per heavy atom. The summed E-state index contributed by atoms with van der Waals surface area (Å²) in [7, 11) is 1.65. The molecule has 0 atom stereocenters. The first-order chi connectivity index (χ1) is 13.0. The van der Waals surface area contributed by atoms with Crippen LogP contribution < -0.4 is 15.3 Å². The Morgan fingerprint density at radius 1 is 1.11 bits per heavy atom. The number of hydrogen-bond donors (Lipinski definition) is 1. The quantitative estimate of drug-likeness (QED) is 0.794. The average molecular weight is 378 g/mol. The first-order valence-corrected chi connectivity index (χ1v) is 8.79. The van der Waals surface area contributed by atoms with Gasteiger partial charge in [0.1, 0.15) is 0 Å². The fraction of sp³-hybridized carbons (Fsp3) is 0.0526. The number of fused-ring (bicyclic) bond motifs is 1. The van der Waals surface area contributed by atoms with Gasteiger partial charge in [0.15, 0.2) is 5.17 Å². The summed E-state index contributed by atoms with van der Waals surface area (Å²) in [6, 6.07) is 13.3. The number of rotatable bonds is 2. The van der Waals surface area contributed by atoms with Crippen LogP contribution in [0.2, 0.25) is 0 Å². The number of para-hydroxylation sites is 2. The zero-order chi connectivity index (χ0) is 19.1. The highest BCUT2D eigenvalue weighted by atomic mass is 32.2. The summed E-state index contributed by atoms with van der Waals surface area (Å²) in [5.41, 5.74) is 1.81. The van der Waals surface area contributed by atoms with Gasteiger partial charge < -0.3 is 20.1 Å². The Morgan fingerprint density at radius 2 is 1.81 bits per heavy atom. The van der Waals surface area contributed by atoms with Crippen LogP contribution in [0.15, 0.2) is 58.4 Å². The van der Waals surface area contributed by atoms with E-state index in [1.54, 1.807) is 31.3 Å². The summed E-state index contributed by atoms with van der Waals surface area (Å²) < 4.78 is 0. The predicted octanol–water partition coefficient (Wildman–Crippen LogP) is 1.29. The number of aliphatic imine (C=N–C) groups is 1. The minimum Gasteiger partial charge on any atom is -0.545 e. The SMILES string of the molecule is CN1C(=O)/C(=C2\SC(=Nc3ccccc3C(=O)[O-])NC2=O)c2ccccc21. The third kappa shape index (κ3) is 2.80. The standard InChI is InChI=1S/C19H13N3O4S/c1-22-13-9-5-3-7-11(13)14(17(22)24)15-16(23)21-19(27-15)20-12-8-4-2-6-10(12)18(25)26/h2-9H,1H3,(H,25,26)(H,20,21,23)/p-1/b15-14-. The number of carboxylic acid groups (broad SMARTS) is 1. The van der Waals surface area contributed by atoms with Gasteiger partial charge in [0.25, 0.3) is 11.8 Å². The summed E-state index contributed by atoms with van der Waals surface area (Å²) in [5.74, 6) is -2.08. The van der Waals surface area contributed by atoms with Crippen molar-refractivity contribution in [2.24, 2.45) is 4.99 Å². The maximum atomic E-state index is 12.7. The van der Waals surface area contributed by atoms with Gasteiger partial charge in [-0.3, -0.25) is 9.59 Å². The molecule has 7 nitrogen and oxygen atoms in total. The number of nitrogens with zero attached hydrogens (tertiary/aromatic N) is 2. The van der Waals surface area contributed by atoms with E-state index in [0.29, 0.717) is 11.1 Å². The lowest BCUT2D eigenvalue weighted by molar-refractivity contribution is -0.254. The highest BCUT2D eigenvalue weighted by Crippen LogP contribution is 2.42. The topological polar surface area (TPSA) is 102 Å². The molecule has 4 rings (SSSR count). The van der Waals surface area contributed by atoms with Gasteiger partial charge in [-0.15, -0.1) is 0 Å². The Kier molecular flexibility index (Phi) is 4.04. The van der Waals surface area contributed by atoms with Crippen LogP contribution in [-0.4, -0.2) is 30.0 Å². The van der Waals surface area contributed by atoms with Crippen molar-refractivity contribution in [1.82, 2.24) is 5.32 Å². The van der Waals surface area contributed by atoms with Crippen LogP contribution in [-0.2, 0) is 9.59 Å². The van der Waals surface area contributed by atoms with Crippen LogP contribution >= 0.6 is 11.8 Å². The highest BCUT2D eigenvalue weighted by molar-refractivity contribution is 8.18. The molecule has 27 heavy (non-hydrogen) atoms. The first-order valence-electron chi connectivity index (χ1n) is 7.97. The second kappa shape index (κ2) is 6.40. The van der Waals surface area contributed by atoms with E-state index in [9.17, 15) is 19.5 Å². The highest BCUT2D eigenvalue weighted by Gasteiger charge is 2.37. The molecule has 0 aliphatic carbocycles. The molecule has 1 fully saturated rings. The van der Waals surface area contributed by atoms with Gasteiger partial charge in [-0.25, -0.2) is 4.99 Å². The van der Waals surface area contributed by atoms with E-state index in [-0.39, 0.29) is 27.2 Å². The molecule has 2 aromatic rings. The molecular formula is C19H12N3O4S-. The molecule has 1 saturated heterocycles. The van der Waals surface area contributed by atoms with E-state index < -0.39 is 11.9 Å². The number of carbonyl (C=O) groups is 3. The fourth-order valence-corrected chi connectivity index (χ4v) is 3.90. The minimum atomic E-state index is -1.36. The lowest BCUT2D eigenvalue weighted by Gasteiger charge is -2.08. The van der Waals surface area contributed by atoms with Gasteiger partial charge in [0.05, 0.1) is 27.8 Å². The van der Waals surface area contributed by atoms with Crippen molar-refractivity contribution in [3.05, 3.63) is 64.6 Å². The van der Waals surface area contributed by atoms with Crippen molar-refractivity contribution >= 4 is 51.7 Å². The fourth-order valence-electron chi connectivity index (χ4n) is 2.98. The Labute approximate surface area is 158 Å². The zero-order valence-electron chi connectivity index (χ0n) is 14.1. The molecular weight excluding hydrogens is 366 g/mol. The van der Waals surface area contributed by atoms with E-state index in [4.69, 9.17) is 0 Å². The number of carbonyl (C=O) groups excluding carboxylic acids is 3. The van der Waals surface area contributed by atoms with Gasteiger partial charge in [0.2, 0.25) is 0 Å². The minimum absolute atomic E-state index is 0.0806. The van der Waals surface area contributed by atoms with Gasteiger partial charge in [0, 0.05) is 18.2 Å². The molecule has 0 radical (unpaired) electrons. The van der Waals surface area contributed by atoms with Crippen molar-refractivity contribution in [2.75, 3.05) is 11.9 Å².